The number of para-hydroxylation sites is 1. The van der Waals surface area contributed by atoms with Crippen LogP contribution in [-0.4, -0.2) is 37.0 Å². The summed E-state index contributed by atoms with van der Waals surface area (Å²) in [5.41, 5.74) is 1.39. The smallest absolute Gasteiger partial charge is 0.473 e. The fraction of sp³-hybridized carbons (Fsp3) is 0.263. The number of carbonyl (C=O) groups is 1. The second kappa shape index (κ2) is 7.83. The van der Waals surface area contributed by atoms with E-state index in [-0.39, 0.29) is 12.2 Å². The van der Waals surface area contributed by atoms with Gasteiger partial charge in [0.2, 0.25) is 0 Å². The Bertz CT molecular complexity index is 914. The molecule has 0 radical (unpaired) electrons. The molecule has 1 atom stereocenters. The van der Waals surface area contributed by atoms with Crippen LogP contribution < -0.4 is 9.47 Å². The molecule has 1 heterocycles. The first kappa shape index (κ1) is 20.2. The predicted octanol–water partition coefficient (Wildman–Crippen LogP) is 4.71. The maximum absolute atomic E-state index is 13.2. The molecule has 0 N–H and O–H groups in total. The molecular formula is C19H16BrF3N2O3. The third kappa shape index (κ3) is 3.84. The molecule has 5 nitrogen and oxygen atoms in total. The van der Waals surface area contributed by atoms with E-state index in [1.54, 1.807) is 42.5 Å². The summed E-state index contributed by atoms with van der Waals surface area (Å²) in [7, 11) is 2.82. The van der Waals surface area contributed by atoms with E-state index in [4.69, 9.17) is 9.47 Å². The average Bonchev–Trinajstić information content (AvgIpc) is 3.11. The zero-order valence-electron chi connectivity index (χ0n) is 15.0. The SMILES string of the molecule is COc1cccc(C2CC(c3ccc(Br)cc3)=NN2C(=O)C(F)(F)F)c1OC. The molecule has 28 heavy (non-hydrogen) atoms. The van der Waals surface area contributed by atoms with E-state index in [9.17, 15) is 18.0 Å². The number of methoxy groups -OCH3 is 2. The van der Waals surface area contributed by atoms with Gasteiger partial charge in [0, 0.05) is 16.5 Å². The van der Waals surface area contributed by atoms with Gasteiger partial charge < -0.3 is 9.47 Å². The fourth-order valence-electron chi connectivity index (χ4n) is 3.06. The van der Waals surface area contributed by atoms with Crippen LogP contribution >= 0.6 is 15.9 Å². The van der Waals surface area contributed by atoms with E-state index >= 15 is 0 Å². The summed E-state index contributed by atoms with van der Waals surface area (Å²) >= 11 is 3.31. The van der Waals surface area contributed by atoms with Crippen LogP contribution in [0.2, 0.25) is 0 Å². The maximum Gasteiger partial charge on any atom is 0.473 e. The van der Waals surface area contributed by atoms with Crippen molar-refractivity contribution in [2.75, 3.05) is 14.2 Å². The molecule has 3 rings (SSSR count). The number of rotatable bonds is 4. The number of hydrazone groups is 1. The van der Waals surface area contributed by atoms with Crippen molar-refractivity contribution in [2.24, 2.45) is 5.10 Å². The number of amides is 1. The van der Waals surface area contributed by atoms with Crippen molar-refractivity contribution in [3.05, 3.63) is 58.1 Å². The van der Waals surface area contributed by atoms with Crippen LogP contribution in [0.4, 0.5) is 13.2 Å². The first-order valence-corrected chi connectivity index (χ1v) is 9.00. The van der Waals surface area contributed by atoms with Crippen molar-refractivity contribution in [1.29, 1.82) is 0 Å². The van der Waals surface area contributed by atoms with Gasteiger partial charge in [0.05, 0.1) is 26.0 Å². The quantitative estimate of drug-likeness (QED) is 0.669. The number of halogens is 4. The highest BCUT2D eigenvalue weighted by atomic mass is 79.9. The maximum atomic E-state index is 13.2. The van der Waals surface area contributed by atoms with Gasteiger partial charge in [-0.2, -0.15) is 18.3 Å². The van der Waals surface area contributed by atoms with Gasteiger partial charge in [-0.25, -0.2) is 5.01 Å². The van der Waals surface area contributed by atoms with Gasteiger partial charge in [0.1, 0.15) is 0 Å². The number of ether oxygens (including phenoxy) is 2. The number of benzene rings is 2. The molecule has 0 saturated heterocycles. The normalized spacial score (nSPS) is 16.7. The molecule has 1 amide bonds. The molecule has 9 heteroatoms. The van der Waals surface area contributed by atoms with Crippen LogP contribution in [0.1, 0.15) is 23.6 Å². The molecule has 2 aromatic rings. The van der Waals surface area contributed by atoms with Gasteiger partial charge >= 0.3 is 12.1 Å². The third-order valence-corrected chi connectivity index (χ3v) is 4.86. The topological polar surface area (TPSA) is 51.1 Å². The second-order valence-electron chi connectivity index (χ2n) is 6.00. The van der Waals surface area contributed by atoms with Gasteiger partial charge in [-0.05, 0) is 23.8 Å². The molecule has 0 fully saturated rings. The van der Waals surface area contributed by atoms with Crippen LogP contribution in [-0.2, 0) is 4.79 Å². The van der Waals surface area contributed by atoms with Crippen LogP contribution in [0.25, 0.3) is 0 Å². The van der Waals surface area contributed by atoms with Gasteiger partial charge in [-0.3, -0.25) is 4.79 Å². The van der Waals surface area contributed by atoms with E-state index in [0.717, 1.165) is 4.47 Å². The Morgan fingerprint density at radius 2 is 1.82 bits per heavy atom. The lowest BCUT2D eigenvalue weighted by Crippen LogP contribution is -2.38. The third-order valence-electron chi connectivity index (χ3n) is 4.33. The van der Waals surface area contributed by atoms with Crippen LogP contribution in [0, 0.1) is 0 Å². The Hall–Kier alpha value is -2.55. The van der Waals surface area contributed by atoms with Gasteiger partial charge in [0.15, 0.2) is 11.5 Å². The molecule has 0 bridgehead atoms. The molecule has 0 aromatic heterocycles. The molecule has 0 aliphatic carbocycles. The largest absolute Gasteiger partial charge is 0.493 e. The van der Waals surface area contributed by atoms with Crippen molar-refractivity contribution in [2.45, 2.75) is 18.6 Å². The number of alkyl halides is 3. The molecule has 1 aliphatic rings. The molecule has 0 saturated carbocycles. The van der Waals surface area contributed by atoms with E-state index < -0.39 is 18.1 Å². The zero-order valence-corrected chi connectivity index (χ0v) is 16.5. The number of nitrogens with zero attached hydrogens (tertiary/aromatic N) is 2. The Morgan fingerprint density at radius 1 is 1.14 bits per heavy atom. The number of carbonyl (C=O) groups excluding carboxylic acids is 1. The predicted molar refractivity (Wildman–Crippen MR) is 100 cm³/mol. The first-order valence-electron chi connectivity index (χ1n) is 8.21. The Labute approximate surface area is 167 Å². The summed E-state index contributed by atoms with van der Waals surface area (Å²) < 4.78 is 50.9. The highest BCUT2D eigenvalue weighted by Crippen LogP contribution is 2.43. The first-order chi connectivity index (χ1) is 13.3. The van der Waals surface area contributed by atoms with Crippen LogP contribution in [0.3, 0.4) is 0 Å². The van der Waals surface area contributed by atoms with Crippen molar-refractivity contribution in [3.8, 4) is 11.5 Å². The standard InChI is InChI=1S/C19H16BrF3N2O3/c1-27-16-5-3-4-13(17(16)28-2)15-10-14(11-6-8-12(20)9-7-11)24-25(15)18(26)19(21,22)23/h3-9,15H,10H2,1-2H3. The Morgan fingerprint density at radius 3 is 2.39 bits per heavy atom. The van der Waals surface area contributed by atoms with Crippen molar-refractivity contribution < 1.29 is 27.4 Å². The molecule has 1 unspecified atom stereocenters. The van der Waals surface area contributed by atoms with Gasteiger partial charge in [-0.15, -0.1) is 0 Å². The lowest BCUT2D eigenvalue weighted by molar-refractivity contribution is -0.187. The Balaban J connectivity index is 2.07. The van der Waals surface area contributed by atoms with Gasteiger partial charge in [-0.1, -0.05) is 40.2 Å². The van der Waals surface area contributed by atoms with E-state index in [2.05, 4.69) is 21.0 Å². The molecule has 1 aliphatic heterocycles. The molecule has 2 aromatic carbocycles. The summed E-state index contributed by atoms with van der Waals surface area (Å²) in [4.78, 5) is 12.0. The van der Waals surface area contributed by atoms with Crippen LogP contribution in [0.5, 0.6) is 11.5 Å². The molecule has 148 valence electrons. The summed E-state index contributed by atoms with van der Waals surface area (Å²) in [5.74, 6) is -1.41. The minimum atomic E-state index is -5.05. The highest BCUT2D eigenvalue weighted by molar-refractivity contribution is 9.10. The van der Waals surface area contributed by atoms with E-state index in [1.165, 1.54) is 14.2 Å². The minimum Gasteiger partial charge on any atom is -0.493 e. The summed E-state index contributed by atoms with van der Waals surface area (Å²) in [6.45, 7) is 0. The lowest BCUT2D eigenvalue weighted by Gasteiger charge is -2.25. The second-order valence-corrected chi connectivity index (χ2v) is 6.92. The number of hydrogen-bond acceptors (Lipinski definition) is 4. The van der Waals surface area contributed by atoms with E-state index in [0.29, 0.717) is 27.6 Å². The fourth-order valence-corrected chi connectivity index (χ4v) is 3.33. The summed E-state index contributed by atoms with van der Waals surface area (Å²) in [6.07, 6.45) is -4.95. The summed E-state index contributed by atoms with van der Waals surface area (Å²) in [5, 5.41) is 4.49. The highest BCUT2D eigenvalue weighted by Gasteiger charge is 2.48. The molecule has 0 spiro atoms. The molecular weight excluding hydrogens is 441 g/mol. The number of hydrogen-bond donors (Lipinski definition) is 0. The lowest BCUT2D eigenvalue weighted by atomic mass is 9.97. The minimum absolute atomic E-state index is 0.104. The van der Waals surface area contributed by atoms with E-state index in [1.807, 2.05) is 0 Å². The van der Waals surface area contributed by atoms with Crippen molar-refractivity contribution in [1.82, 2.24) is 5.01 Å². The Kier molecular flexibility index (Phi) is 5.64. The van der Waals surface area contributed by atoms with Crippen molar-refractivity contribution >= 4 is 27.5 Å². The van der Waals surface area contributed by atoms with Gasteiger partial charge in [0.25, 0.3) is 0 Å². The van der Waals surface area contributed by atoms with Crippen molar-refractivity contribution in [3.63, 3.8) is 0 Å². The summed E-state index contributed by atoms with van der Waals surface area (Å²) in [6, 6.07) is 10.9. The van der Waals surface area contributed by atoms with Crippen LogP contribution in [0.15, 0.2) is 52.0 Å². The zero-order chi connectivity index (χ0) is 20.5. The average molecular weight is 457 g/mol. The monoisotopic (exact) mass is 456 g/mol.